The first-order valence-electron chi connectivity index (χ1n) is 10.3. The van der Waals surface area contributed by atoms with E-state index >= 15 is 0 Å². The average Bonchev–Trinajstić information content (AvgIpc) is 3.19. The molecule has 2 aromatic heterocycles. The van der Waals surface area contributed by atoms with E-state index < -0.39 is 0 Å². The minimum absolute atomic E-state index is 0.0134. The molecular formula is C25H26N2O2S. The van der Waals surface area contributed by atoms with Crippen LogP contribution in [0.4, 0.5) is 0 Å². The highest BCUT2D eigenvalue weighted by atomic mass is 32.1. The summed E-state index contributed by atoms with van der Waals surface area (Å²) in [5.74, 6) is 1.34. The topological polar surface area (TPSA) is 44.1 Å². The van der Waals surface area contributed by atoms with Crippen molar-refractivity contribution in [2.45, 2.75) is 39.7 Å². The van der Waals surface area contributed by atoms with Crippen LogP contribution in [0.2, 0.25) is 0 Å². The highest BCUT2D eigenvalue weighted by Crippen LogP contribution is 2.31. The lowest BCUT2D eigenvalue weighted by atomic mass is 9.99. The molecule has 4 nitrogen and oxygen atoms in total. The Morgan fingerprint density at radius 2 is 1.80 bits per heavy atom. The van der Waals surface area contributed by atoms with Crippen LogP contribution in [0.3, 0.4) is 0 Å². The van der Waals surface area contributed by atoms with Gasteiger partial charge in [0.15, 0.2) is 0 Å². The third-order valence-electron chi connectivity index (χ3n) is 5.28. The van der Waals surface area contributed by atoms with Crippen molar-refractivity contribution >= 4 is 21.6 Å². The highest BCUT2D eigenvalue weighted by molar-refractivity contribution is 7.17. The molecule has 0 N–H and O–H groups in total. The van der Waals surface area contributed by atoms with Crippen molar-refractivity contribution in [3.63, 3.8) is 0 Å². The lowest BCUT2D eigenvalue weighted by Crippen LogP contribution is -2.21. The van der Waals surface area contributed by atoms with E-state index in [4.69, 9.17) is 4.74 Å². The summed E-state index contributed by atoms with van der Waals surface area (Å²) in [5.41, 5.74) is 4.54. The molecule has 0 unspecified atom stereocenters. The molecule has 0 aliphatic carbocycles. The van der Waals surface area contributed by atoms with Gasteiger partial charge in [-0.2, -0.15) is 0 Å². The molecule has 2 heterocycles. The first kappa shape index (κ1) is 20.4. The lowest BCUT2D eigenvalue weighted by Gasteiger charge is -2.09. The van der Waals surface area contributed by atoms with E-state index in [1.54, 1.807) is 10.9 Å². The second kappa shape index (κ2) is 8.84. The Bertz CT molecular complexity index is 1190. The van der Waals surface area contributed by atoms with Crippen molar-refractivity contribution in [3.05, 3.63) is 81.7 Å². The van der Waals surface area contributed by atoms with Gasteiger partial charge in [-0.05, 0) is 42.5 Å². The van der Waals surface area contributed by atoms with E-state index in [0.29, 0.717) is 24.5 Å². The number of rotatable bonds is 7. The van der Waals surface area contributed by atoms with Gasteiger partial charge in [-0.25, -0.2) is 4.98 Å². The number of ether oxygens (including phenoxy) is 1. The molecule has 2 aromatic carbocycles. The van der Waals surface area contributed by atoms with Crippen molar-refractivity contribution < 1.29 is 4.74 Å². The maximum atomic E-state index is 13.1. The van der Waals surface area contributed by atoms with Crippen LogP contribution >= 0.6 is 11.3 Å². The molecule has 0 saturated heterocycles. The minimum Gasteiger partial charge on any atom is -0.494 e. The van der Waals surface area contributed by atoms with Crippen LogP contribution in [-0.4, -0.2) is 16.2 Å². The van der Waals surface area contributed by atoms with Gasteiger partial charge in [-0.3, -0.25) is 9.36 Å². The van der Waals surface area contributed by atoms with Crippen molar-refractivity contribution in [2.75, 3.05) is 6.61 Å². The van der Waals surface area contributed by atoms with Crippen LogP contribution < -0.4 is 10.3 Å². The minimum atomic E-state index is 0.0134. The summed E-state index contributed by atoms with van der Waals surface area (Å²) in [5, 5.41) is 2.74. The molecule has 154 valence electrons. The zero-order valence-electron chi connectivity index (χ0n) is 17.6. The van der Waals surface area contributed by atoms with E-state index in [1.807, 2.05) is 29.6 Å². The maximum Gasteiger partial charge on any atom is 0.262 e. The zero-order valence-corrected chi connectivity index (χ0v) is 18.4. The Labute approximate surface area is 180 Å². The molecule has 4 rings (SSSR count). The van der Waals surface area contributed by atoms with Gasteiger partial charge >= 0.3 is 0 Å². The van der Waals surface area contributed by atoms with E-state index in [2.05, 4.69) is 50.0 Å². The molecule has 0 fully saturated rings. The fourth-order valence-corrected chi connectivity index (χ4v) is 4.35. The Balaban J connectivity index is 1.51. The van der Waals surface area contributed by atoms with Crippen molar-refractivity contribution in [1.29, 1.82) is 0 Å². The SMILES string of the molecule is Cc1ccc(OCCCn2cnc3scc(-c4ccc(C(C)C)cc4)c3c2=O)cc1. The average molecular weight is 419 g/mol. The van der Waals surface area contributed by atoms with E-state index in [9.17, 15) is 4.79 Å². The van der Waals surface area contributed by atoms with Crippen LogP contribution in [0.15, 0.2) is 65.0 Å². The number of aromatic nitrogens is 2. The molecule has 4 aromatic rings. The predicted octanol–water partition coefficient (Wildman–Crippen LogP) is 6.03. The third-order valence-corrected chi connectivity index (χ3v) is 6.17. The largest absolute Gasteiger partial charge is 0.494 e. The molecule has 0 bridgehead atoms. The zero-order chi connectivity index (χ0) is 21.1. The van der Waals surface area contributed by atoms with Crippen LogP contribution in [0.25, 0.3) is 21.3 Å². The Hall–Kier alpha value is -2.92. The maximum absolute atomic E-state index is 13.1. The molecule has 0 aliphatic rings. The number of aryl methyl sites for hydroxylation is 2. The van der Waals surface area contributed by atoms with Crippen LogP contribution in [0.5, 0.6) is 5.75 Å². The summed E-state index contributed by atoms with van der Waals surface area (Å²) in [6.07, 6.45) is 2.39. The second-order valence-electron chi connectivity index (χ2n) is 7.86. The van der Waals surface area contributed by atoms with E-state index in [0.717, 1.165) is 28.1 Å². The number of hydrogen-bond donors (Lipinski definition) is 0. The fourth-order valence-electron chi connectivity index (χ4n) is 3.45. The Kier molecular flexibility index (Phi) is 6.00. The van der Waals surface area contributed by atoms with Gasteiger partial charge in [-0.15, -0.1) is 11.3 Å². The normalized spacial score (nSPS) is 11.3. The lowest BCUT2D eigenvalue weighted by molar-refractivity contribution is 0.301. The van der Waals surface area contributed by atoms with E-state index in [1.165, 1.54) is 22.5 Å². The van der Waals surface area contributed by atoms with Crippen LogP contribution in [-0.2, 0) is 6.54 Å². The molecule has 0 aliphatic heterocycles. The van der Waals surface area contributed by atoms with Gasteiger partial charge in [0.1, 0.15) is 10.6 Å². The van der Waals surface area contributed by atoms with Gasteiger partial charge in [0.25, 0.3) is 5.56 Å². The number of fused-ring (bicyclic) bond motifs is 1. The number of hydrogen-bond acceptors (Lipinski definition) is 4. The smallest absolute Gasteiger partial charge is 0.262 e. The quantitative estimate of drug-likeness (QED) is 0.344. The van der Waals surface area contributed by atoms with Gasteiger partial charge in [0, 0.05) is 17.5 Å². The first-order chi connectivity index (χ1) is 14.5. The first-order valence-corrected chi connectivity index (χ1v) is 11.2. The molecule has 30 heavy (non-hydrogen) atoms. The molecule has 0 radical (unpaired) electrons. The van der Waals surface area contributed by atoms with Crippen molar-refractivity contribution in [2.24, 2.45) is 0 Å². The number of nitrogens with zero attached hydrogens (tertiary/aromatic N) is 2. The monoisotopic (exact) mass is 418 g/mol. The molecule has 5 heteroatoms. The van der Waals surface area contributed by atoms with Gasteiger partial charge in [-0.1, -0.05) is 55.8 Å². The molecular weight excluding hydrogens is 392 g/mol. The summed E-state index contributed by atoms with van der Waals surface area (Å²) < 4.78 is 7.48. The van der Waals surface area contributed by atoms with Crippen molar-refractivity contribution in [1.82, 2.24) is 9.55 Å². The molecule has 0 spiro atoms. The number of thiophene rings is 1. The van der Waals surface area contributed by atoms with Crippen LogP contribution in [0.1, 0.15) is 37.3 Å². The van der Waals surface area contributed by atoms with Gasteiger partial charge in [0.05, 0.1) is 18.3 Å². The van der Waals surface area contributed by atoms with Gasteiger partial charge < -0.3 is 4.74 Å². The summed E-state index contributed by atoms with van der Waals surface area (Å²) in [6.45, 7) is 7.55. The summed E-state index contributed by atoms with van der Waals surface area (Å²) in [7, 11) is 0. The standard InChI is InChI=1S/C25H26N2O2S/c1-17(2)19-7-9-20(10-8-19)22-15-30-24-23(22)25(28)27(16-26-24)13-4-14-29-21-11-5-18(3)6-12-21/h5-12,15-17H,4,13-14H2,1-3H3. The Morgan fingerprint density at radius 3 is 2.50 bits per heavy atom. The Morgan fingerprint density at radius 1 is 1.07 bits per heavy atom. The van der Waals surface area contributed by atoms with Gasteiger partial charge in [0.2, 0.25) is 0 Å². The number of benzene rings is 2. The van der Waals surface area contributed by atoms with E-state index in [-0.39, 0.29) is 5.56 Å². The summed E-state index contributed by atoms with van der Waals surface area (Å²) >= 11 is 1.52. The summed E-state index contributed by atoms with van der Waals surface area (Å²) in [6, 6.07) is 16.5. The second-order valence-corrected chi connectivity index (χ2v) is 8.72. The molecule has 0 amide bonds. The summed E-state index contributed by atoms with van der Waals surface area (Å²) in [4.78, 5) is 18.5. The highest BCUT2D eigenvalue weighted by Gasteiger charge is 2.13. The molecule has 0 saturated carbocycles. The third kappa shape index (κ3) is 4.31. The van der Waals surface area contributed by atoms with Crippen molar-refractivity contribution in [3.8, 4) is 16.9 Å². The fraction of sp³-hybridized carbons (Fsp3) is 0.280. The predicted molar refractivity (Wildman–Crippen MR) is 125 cm³/mol. The molecule has 0 atom stereocenters. The van der Waals surface area contributed by atoms with Crippen LogP contribution in [0, 0.1) is 6.92 Å².